The molecule has 5 rings (SSSR count). The van der Waals surface area contributed by atoms with Crippen LogP contribution in [0, 0.1) is 0 Å². The molecule has 36 heavy (non-hydrogen) atoms. The third-order valence-corrected chi connectivity index (χ3v) is 7.47. The molecule has 2 aromatic carbocycles. The number of carbonyl (C=O) groups excluding carboxylic acids is 1. The molecule has 1 aromatic heterocycles. The highest BCUT2D eigenvalue weighted by molar-refractivity contribution is 5.94. The van der Waals surface area contributed by atoms with E-state index < -0.39 is 0 Å². The van der Waals surface area contributed by atoms with Gasteiger partial charge in [-0.2, -0.15) is 4.98 Å². The molecule has 0 unspecified atom stereocenters. The number of nitrogens with one attached hydrogen (secondary N) is 2. The van der Waals surface area contributed by atoms with Gasteiger partial charge in [-0.3, -0.25) is 0 Å². The molecule has 1 saturated carbocycles. The van der Waals surface area contributed by atoms with Crippen LogP contribution in [0.25, 0.3) is 10.9 Å². The number of benzene rings is 2. The Labute approximate surface area is 213 Å². The summed E-state index contributed by atoms with van der Waals surface area (Å²) in [6.45, 7) is 2.28. The van der Waals surface area contributed by atoms with Crippen LogP contribution in [0.1, 0.15) is 48.9 Å². The number of likely N-dealkylation sites (tertiary alicyclic amines) is 1. The molecule has 190 valence electrons. The van der Waals surface area contributed by atoms with Crippen LogP contribution in [0.3, 0.4) is 0 Å². The molecule has 1 aliphatic heterocycles. The van der Waals surface area contributed by atoms with Crippen molar-refractivity contribution in [1.82, 2.24) is 14.9 Å². The van der Waals surface area contributed by atoms with Gasteiger partial charge in [0.25, 0.3) is 0 Å². The second kappa shape index (κ2) is 10.7. The zero-order valence-electron chi connectivity index (χ0n) is 21.5. The van der Waals surface area contributed by atoms with E-state index in [9.17, 15) is 4.79 Å². The molecule has 2 heterocycles. The van der Waals surface area contributed by atoms with Gasteiger partial charge in [0, 0.05) is 56.0 Å². The largest absolute Gasteiger partial charge is 0.465 e. The third-order valence-electron chi connectivity index (χ3n) is 7.47. The zero-order chi connectivity index (χ0) is 25.1. The highest BCUT2D eigenvalue weighted by atomic mass is 16.5. The first kappa shape index (κ1) is 24.3. The summed E-state index contributed by atoms with van der Waals surface area (Å²) in [6, 6.07) is 14.6. The number of esters is 1. The minimum atomic E-state index is -0.352. The molecule has 2 fully saturated rings. The van der Waals surface area contributed by atoms with E-state index in [0.717, 1.165) is 60.1 Å². The van der Waals surface area contributed by atoms with Gasteiger partial charge in [-0.05, 0) is 68.1 Å². The summed E-state index contributed by atoms with van der Waals surface area (Å²) >= 11 is 0. The van der Waals surface area contributed by atoms with Gasteiger partial charge in [-0.15, -0.1) is 0 Å². The monoisotopic (exact) mass is 488 g/mol. The summed E-state index contributed by atoms with van der Waals surface area (Å²) in [5, 5.41) is 8.01. The maximum absolute atomic E-state index is 11.8. The summed E-state index contributed by atoms with van der Waals surface area (Å²) in [4.78, 5) is 26.3. The van der Waals surface area contributed by atoms with E-state index >= 15 is 0 Å². The van der Waals surface area contributed by atoms with Crippen LogP contribution in [-0.4, -0.2) is 67.2 Å². The normalized spacial score (nSPS) is 17.3. The van der Waals surface area contributed by atoms with Gasteiger partial charge >= 0.3 is 5.97 Å². The van der Waals surface area contributed by atoms with Crippen LogP contribution in [0.4, 0.5) is 23.1 Å². The van der Waals surface area contributed by atoms with Crippen LogP contribution in [0.5, 0.6) is 0 Å². The molecule has 8 heteroatoms. The summed E-state index contributed by atoms with van der Waals surface area (Å²) in [7, 11) is 5.43. The maximum atomic E-state index is 11.8. The lowest BCUT2D eigenvalue weighted by Crippen LogP contribution is -2.43. The molecule has 0 atom stereocenters. The smallest absolute Gasteiger partial charge is 0.337 e. The molecular formula is C28H36N6O2. The fourth-order valence-corrected chi connectivity index (χ4v) is 5.36. The Morgan fingerprint density at radius 2 is 1.72 bits per heavy atom. The number of carbonyl (C=O) groups is 1. The van der Waals surface area contributed by atoms with Crippen molar-refractivity contribution in [3.8, 4) is 0 Å². The summed E-state index contributed by atoms with van der Waals surface area (Å²) in [5.41, 5.74) is 3.32. The Bertz CT molecular complexity index is 1200. The lowest BCUT2D eigenvalue weighted by atomic mass is 10.0. The van der Waals surface area contributed by atoms with Crippen molar-refractivity contribution in [2.24, 2.45) is 0 Å². The van der Waals surface area contributed by atoms with Crippen LogP contribution in [0.15, 0.2) is 42.5 Å². The highest BCUT2D eigenvalue weighted by Crippen LogP contribution is 2.30. The lowest BCUT2D eigenvalue weighted by Gasteiger charge is -2.36. The van der Waals surface area contributed by atoms with Gasteiger partial charge in [0.1, 0.15) is 5.82 Å². The predicted molar refractivity (Wildman–Crippen MR) is 145 cm³/mol. The van der Waals surface area contributed by atoms with E-state index in [2.05, 4.69) is 32.6 Å². The van der Waals surface area contributed by atoms with Crippen LogP contribution in [-0.2, 0) is 4.74 Å². The number of hydrogen-bond donors (Lipinski definition) is 2. The van der Waals surface area contributed by atoms with Crippen molar-refractivity contribution in [1.29, 1.82) is 0 Å². The standard InChI is InChI=1S/C28H36N6O2/c1-33(2)23-12-13-25-24(18-23)26(29-20-10-8-19(9-11-20)27(35)36-3)32-28(31-25)30-21-14-16-34(17-15-21)22-6-4-5-7-22/h8-13,18,21-22H,4-7,14-17H2,1-3H3,(H2,29,30,31,32). The Morgan fingerprint density at radius 3 is 2.39 bits per heavy atom. The van der Waals surface area contributed by atoms with Gasteiger partial charge in [0.05, 0.1) is 18.2 Å². The average Bonchev–Trinajstić information content (AvgIpc) is 3.44. The molecule has 0 bridgehead atoms. The van der Waals surface area contributed by atoms with E-state index in [0.29, 0.717) is 17.6 Å². The SMILES string of the molecule is COC(=O)c1ccc(Nc2nc(NC3CCN(C4CCCC4)CC3)nc3ccc(N(C)C)cc23)cc1. The van der Waals surface area contributed by atoms with E-state index in [1.54, 1.807) is 12.1 Å². The van der Waals surface area contributed by atoms with Gasteiger partial charge in [0.2, 0.25) is 5.95 Å². The molecule has 0 spiro atoms. The molecular weight excluding hydrogens is 452 g/mol. The van der Waals surface area contributed by atoms with Crippen molar-refractivity contribution in [3.63, 3.8) is 0 Å². The topological polar surface area (TPSA) is 82.6 Å². The third kappa shape index (κ3) is 5.38. The number of hydrogen-bond acceptors (Lipinski definition) is 8. The molecule has 1 aliphatic carbocycles. The molecule has 1 saturated heterocycles. The maximum Gasteiger partial charge on any atom is 0.337 e. The van der Waals surface area contributed by atoms with E-state index in [4.69, 9.17) is 14.7 Å². The number of anilines is 4. The lowest BCUT2D eigenvalue weighted by molar-refractivity contribution is 0.0601. The van der Waals surface area contributed by atoms with Gasteiger partial charge < -0.3 is 25.2 Å². The second-order valence-corrected chi connectivity index (χ2v) is 10.1. The van der Waals surface area contributed by atoms with Crippen LogP contribution in [0.2, 0.25) is 0 Å². The minimum absolute atomic E-state index is 0.352. The summed E-state index contributed by atoms with van der Waals surface area (Å²) in [6.07, 6.45) is 7.69. The predicted octanol–water partition coefficient (Wildman–Crippen LogP) is 5.04. The highest BCUT2D eigenvalue weighted by Gasteiger charge is 2.27. The first-order chi connectivity index (χ1) is 17.5. The second-order valence-electron chi connectivity index (χ2n) is 10.1. The number of ether oxygens (including phenoxy) is 1. The molecule has 3 aromatic rings. The number of piperidine rings is 1. The van der Waals surface area contributed by atoms with Crippen molar-refractivity contribution < 1.29 is 9.53 Å². The molecule has 2 N–H and O–H groups in total. The molecule has 8 nitrogen and oxygen atoms in total. The first-order valence-electron chi connectivity index (χ1n) is 13.0. The minimum Gasteiger partial charge on any atom is -0.465 e. The number of rotatable bonds is 7. The van der Waals surface area contributed by atoms with E-state index in [1.165, 1.54) is 32.8 Å². The summed E-state index contributed by atoms with van der Waals surface area (Å²) < 4.78 is 4.82. The Hall–Kier alpha value is -3.39. The fraction of sp³-hybridized carbons (Fsp3) is 0.464. The average molecular weight is 489 g/mol. The number of nitrogens with zero attached hydrogens (tertiary/aromatic N) is 4. The van der Waals surface area contributed by atoms with E-state index in [1.807, 2.05) is 32.3 Å². The van der Waals surface area contributed by atoms with Crippen molar-refractivity contribution in [2.75, 3.05) is 49.8 Å². The fourth-order valence-electron chi connectivity index (χ4n) is 5.36. The Morgan fingerprint density at radius 1 is 1.00 bits per heavy atom. The van der Waals surface area contributed by atoms with Crippen molar-refractivity contribution >= 4 is 40.0 Å². The van der Waals surface area contributed by atoms with Gasteiger partial charge in [-0.1, -0.05) is 12.8 Å². The number of aromatic nitrogens is 2. The van der Waals surface area contributed by atoms with Crippen LogP contribution >= 0.6 is 0 Å². The van der Waals surface area contributed by atoms with Crippen LogP contribution < -0.4 is 15.5 Å². The first-order valence-corrected chi connectivity index (χ1v) is 13.0. The van der Waals surface area contributed by atoms with Crippen molar-refractivity contribution in [3.05, 3.63) is 48.0 Å². The zero-order valence-corrected chi connectivity index (χ0v) is 21.5. The summed E-state index contributed by atoms with van der Waals surface area (Å²) in [5.74, 6) is 1.03. The Balaban J connectivity index is 1.37. The number of methoxy groups -OCH3 is 1. The molecule has 0 amide bonds. The molecule has 0 radical (unpaired) electrons. The van der Waals surface area contributed by atoms with Crippen molar-refractivity contribution in [2.45, 2.75) is 50.6 Å². The number of fused-ring (bicyclic) bond motifs is 1. The quantitative estimate of drug-likeness (QED) is 0.448. The van der Waals surface area contributed by atoms with Gasteiger partial charge in [-0.25, -0.2) is 9.78 Å². The molecule has 2 aliphatic rings. The van der Waals surface area contributed by atoms with E-state index in [-0.39, 0.29) is 5.97 Å². The Kier molecular flexibility index (Phi) is 7.23. The van der Waals surface area contributed by atoms with Gasteiger partial charge in [0.15, 0.2) is 0 Å².